The molecule has 1 N–H and O–H groups in total. The van der Waals surface area contributed by atoms with Gasteiger partial charge < -0.3 is 24.1 Å². The first-order valence-electron chi connectivity index (χ1n) is 11.9. The molecular formula is C27H35N3O4. The number of hydrogen-bond donors (Lipinski definition) is 1. The largest absolute Gasteiger partial charge is 0.493 e. The molecule has 1 atom stereocenters. The van der Waals surface area contributed by atoms with Gasteiger partial charge in [-0.05, 0) is 42.3 Å². The minimum atomic E-state index is -0.106. The van der Waals surface area contributed by atoms with Crippen LogP contribution in [0.5, 0.6) is 11.5 Å². The van der Waals surface area contributed by atoms with Crippen molar-refractivity contribution in [3.8, 4) is 11.5 Å². The Morgan fingerprint density at radius 1 is 1.09 bits per heavy atom. The van der Waals surface area contributed by atoms with Gasteiger partial charge in [-0.3, -0.25) is 9.69 Å². The van der Waals surface area contributed by atoms with Crippen LogP contribution in [-0.2, 0) is 16.6 Å². The Balaban J connectivity index is 1.52. The van der Waals surface area contributed by atoms with E-state index in [4.69, 9.17) is 14.2 Å². The molecule has 1 aliphatic heterocycles. The number of carbonyl (C=O) groups is 1. The molecule has 1 unspecified atom stereocenters. The van der Waals surface area contributed by atoms with Gasteiger partial charge in [0.25, 0.3) is 0 Å². The third kappa shape index (κ3) is 5.54. The molecule has 1 aliphatic rings. The SMILES string of the molecule is COc1ccc(C(CC(=O)NCCCN2CCOCC2)c2cn(C)c3ccccc23)cc1OC. The van der Waals surface area contributed by atoms with E-state index in [2.05, 4.69) is 33.1 Å². The maximum absolute atomic E-state index is 13.1. The number of nitrogens with zero attached hydrogens (tertiary/aromatic N) is 2. The van der Waals surface area contributed by atoms with Crippen LogP contribution < -0.4 is 14.8 Å². The molecule has 1 fully saturated rings. The Morgan fingerprint density at radius 2 is 1.85 bits per heavy atom. The summed E-state index contributed by atoms with van der Waals surface area (Å²) in [5.41, 5.74) is 3.31. The number of carbonyl (C=O) groups excluding carboxylic acids is 1. The lowest BCUT2D eigenvalue weighted by molar-refractivity contribution is -0.121. The number of amides is 1. The van der Waals surface area contributed by atoms with Crippen LogP contribution in [0.3, 0.4) is 0 Å². The first kappa shape index (κ1) is 24.1. The standard InChI is InChI=1S/C27H35N3O4/c1-29-19-23(21-7-4-5-8-24(21)29)22(20-9-10-25(32-2)26(17-20)33-3)18-27(31)28-11-6-12-30-13-15-34-16-14-30/h4-5,7-10,17,19,22H,6,11-16,18H2,1-3H3,(H,28,31). The van der Waals surface area contributed by atoms with E-state index >= 15 is 0 Å². The molecule has 1 saturated heterocycles. The molecule has 34 heavy (non-hydrogen) atoms. The molecule has 0 aliphatic carbocycles. The summed E-state index contributed by atoms with van der Waals surface area (Å²) in [4.78, 5) is 15.5. The Morgan fingerprint density at radius 3 is 2.62 bits per heavy atom. The normalized spacial score (nSPS) is 15.3. The summed E-state index contributed by atoms with van der Waals surface area (Å²) in [6, 6.07) is 14.2. The maximum Gasteiger partial charge on any atom is 0.220 e. The van der Waals surface area contributed by atoms with Crippen molar-refractivity contribution < 1.29 is 19.0 Å². The second-order valence-electron chi connectivity index (χ2n) is 8.74. The van der Waals surface area contributed by atoms with Crippen molar-refractivity contribution in [3.05, 3.63) is 59.8 Å². The highest BCUT2D eigenvalue weighted by Crippen LogP contribution is 2.38. The number of aryl methyl sites for hydroxylation is 1. The molecule has 7 heteroatoms. The fourth-order valence-electron chi connectivity index (χ4n) is 4.74. The zero-order valence-corrected chi connectivity index (χ0v) is 20.4. The molecular weight excluding hydrogens is 430 g/mol. The van der Waals surface area contributed by atoms with Gasteiger partial charge in [0, 0.05) is 56.1 Å². The van der Waals surface area contributed by atoms with E-state index in [0.29, 0.717) is 24.5 Å². The van der Waals surface area contributed by atoms with Gasteiger partial charge in [-0.25, -0.2) is 0 Å². The Hall–Kier alpha value is -3.03. The Kier molecular flexibility index (Phi) is 8.08. The van der Waals surface area contributed by atoms with Gasteiger partial charge in [0.15, 0.2) is 11.5 Å². The van der Waals surface area contributed by atoms with Crippen molar-refractivity contribution in [1.29, 1.82) is 0 Å². The van der Waals surface area contributed by atoms with E-state index < -0.39 is 0 Å². The first-order chi connectivity index (χ1) is 16.6. The number of methoxy groups -OCH3 is 2. The highest BCUT2D eigenvalue weighted by Gasteiger charge is 2.23. The molecule has 0 bridgehead atoms. The predicted octanol–water partition coefficient (Wildman–Crippen LogP) is 3.56. The predicted molar refractivity (Wildman–Crippen MR) is 134 cm³/mol. The fourth-order valence-corrected chi connectivity index (χ4v) is 4.74. The number of benzene rings is 2. The second kappa shape index (κ2) is 11.4. The molecule has 2 aromatic carbocycles. The van der Waals surface area contributed by atoms with Gasteiger partial charge in [-0.1, -0.05) is 24.3 Å². The van der Waals surface area contributed by atoms with Crippen molar-refractivity contribution in [2.24, 2.45) is 7.05 Å². The summed E-state index contributed by atoms with van der Waals surface area (Å²) in [6.07, 6.45) is 3.43. The second-order valence-corrected chi connectivity index (χ2v) is 8.74. The Labute approximate surface area is 201 Å². The number of nitrogens with one attached hydrogen (secondary N) is 1. The van der Waals surface area contributed by atoms with Crippen LogP contribution in [0.15, 0.2) is 48.7 Å². The highest BCUT2D eigenvalue weighted by atomic mass is 16.5. The third-order valence-corrected chi connectivity index (χ3v) is 6.58. The zero-order valence-electron chi connectivity index (χ0n) is 20.4. The average Bonchev–Trinajstić information content (AvgIpc) is 3.21. The van der Waals surface area contributed by atoms with E-state index in [1.165, 1.54) is 0 Å². The lowest BCUT2D eigenvalue weighted by atomic mass is 9.87. The lowest BCUT2D eigenvalue weighted by Gasteiger charge is -2.26. The number of ether oxygens (including phenoxy) is 3. The molecule has 4 rings (SSSR count). The summed E-state index contributed by atoms with van der Waals surface area (Å²) in [5.74, 6) is 1.28. The number of para-hydroxylation sites is 1. The third-order valence-electron chi connectivity index (χ3n) is 6.58. The van der Waals surface area contributed by atoms with Gasteiger partial charge in [0.2, 0.25) is 5.91 Å². The molecule has 0 saturated carbocycles. The highest BCUT2D eigenvalue weighted by molar-refractivity contribution is 5.86. The van der Waals surface area contributed by atoms with Gasteiger partial charge in [-0.2, -0.15) is 0 Å². The quantitative estimate of drug-likeness (QED) is 0.464. The van der Waals surface area contributed by atoms with Crippen LogP contribution in [0.2, 0.25) is 0 Å². The van der Waals surface area contributed by atoms with Crippen LogP contribution in [0, 0.1) is 0 Å². The summed E-state index contributed by atoms with van der Waals surface area (Å²) in [5, 5.41) is 4.30. The van der Waals surface area contributed by atoms with Crippen molar-refractivity contribution in [1.82, 2.24) is 14.8 Å². The Bertz CT molecular complexity index is 1100. The number of hydrogen-bond acceptors (Lipinski definition) is 5. The average molecular weight is 466 g/mol. The van der Waals surface area contributed by atoms with Gasteiger partial charge in [0.05, 0.1) is 27.4 Å². The van der Waals surface area contributed by atoms with Crippen molar-refractivity contribution in [2.75, 3.05) is 53.6 Å². The van der Waals surface area contributed by atoms with Crippen LogP contribution in [0.25, 0.3) is 10.9 Å². The smallest absolute Gasteiger partial charge is 0.220 e. The maximum atomic E-state index is 13.1. The van der Waals surface area contributed by atoms with Crippen LogP contribution in [-0.4, -0.2) is 69.0 Å². The number of fused-ring (bicyclic) bond motifs is 1. The minimum absolute atomic E-state index is 0.0506. The molecule has 1 aromatic heterocycles. The summed E-state index contributed by atoms with van der Waals surface area (Å²) < 4.78 is 18.5. The molecule has 3 aromatic rings. The molecule has 0 spiro atoms. The lowest BCUT2D eigenvalue weighted by Crippen LogP contribution is -2.38. The topological polar surface area (TPSA) is 65.0 Å². The van der Waals surface area contributed by atoms with Crippen molar-refractivity contribution in [2.45, 2.75) is 18.8 Å². The molecule has 182 valence electrons. The van der Waals surface area contributed by atoms with Crippen LogP contribution in [0.4, 0.5) is 0 Å². The van der Waals surface area contributed by atoms with Gasteiger partial charge in [-0.15, -0.1) is 0 Å². The molecule has 7 nitrogen and oxygen atoms in total. The van der Waals surface area contributed by atoms with Crippen molar-refractivity contribution >= 4 is 16.8 Å². The van der Waals surface area contributed by atoms with Crippen molar-refractivity contribution in [3.63, 3.8) is 0 Å². The molecule has 2 heterocycles. The zero-order chi connectivity index (χ0) is 23.9. The van der Waals surface area contributed by atoms with E-state index in [1.807, 2.05) is 37.4 Å². The van der Waals surface area contributed by atoms with E-state index in [1.54, 1.807) is 14.2 Å². The number of rotatable bonds is 10. The summed E-state index contributed by atoms with van der Waals surface area (Å²) >= 11 is 0. The minimum Gasteiger partial charge on any atom is -0.493 e. The van der Waals surface area contributed by atoms with E-state index in [0.717, 1.165) is 61.3 Å². The fraction of sp³-hybridized carbons (Fsp3) is 0.444. The number of aromatic nitrogens is 1. The van der Waals surface area contributed by atoms with Gasteiger partial charge in [0.1, 0.15) is 0 Å². The monoisotopic (exact) mass is 465 g/mol. The number of morpholine rings is 1. The van der Waals surface area contributed by atoms with E-state index in [9.17, 15) is 4.79 Å². The summed E-state index contributed by atoms with van der Waals surface area (Å²) in [7, 11) is 5.31. The summed E-state index contributed by atoms with van der Waals surface area (Å²) in [6.45, 7) is 5.18. The first-order valence-corrected chi connectivity index (χ1v) is 11.9. The van der Waals surface area contributed by atoms with Crippen LogP contribution >= 0.6 is 0 Å². The molecule has 1 amide bonds. The van der Waals surface area contributed by atoms with Gasteiger partial charge >= 0.3 is 0 Å². The van der Waals surface area contributed by atoms with E-state index in [-0.39, 0.29) is 11.8 Å². The van der Waals surface area contributed by atoms with Crippen LogP contribution in [0.1, 0.15) is 29.9 Å². The molecule has 0 radical (unpaired) electrons.